The van der Waals surface area contributed by atoms with Gasteiger partial charge in [0, 0.05) is 31.5 Å². The van der Waals surface area contributed by atoms with Crippen LogP contribution in [0.3, 0.4) is 0 Å². The Bertz CT molecular complexity index is 352. The first-order valence-corrected chi connectivity index (χ1v) is 7.28. The summed E-state index contributed by atoms with van der Waals surface area (Å²) in [7, 11) is 2.18. The molecular formula is C12H20N4S. The summed E-state index contributed by atoms with van der Waals surface area (Å²) in [5.74, 6) is 0. The molecule has 1 fully saturated rings. The predicted octanol–water partition coefficient (Wildman–Crippen LogP) is 1.38. The van der Waals surface area contributed by atoms with Crippen molar-refractivity contribution in [1.29, 1.82) is 0 Å². The lowest BCUT2D eigenvalue weighted by Crippen LogP contribution is -2.43. The van der Waals surface area contributed by atoms with Gasteiger partial charge in [0.1, 0.15) is 5.03 Å². The fraction of sp³-hybridized carbons (Fsp3) is 0.667. The van der Waals surface area contributed by atoms with Crippen LogP contribution in [-0.2, 0) is 6.54 Å². The van der Waals surface area contributed by atoms with Crippen LogP contribution in [0.25, 0.3) is 0 Å². The molecule has 0 spiro atoms. The zero-order valence-corrected chi connectivity index (χ0v) is 11.3. The molecule has 2 rings (SSSR count). The number of hydrogen-bond donors (Lipinski definition) is 1. The van der Waals surface area contributed by atoms with Crippen molar-refractivity contribution in [2.45, 2.75) is 30.5 Å². The van der Waals surface area contributed by atoms with Crippen molar-refractivity contribution in [1.82, 2.24) is 20.2 Å². The normalized spacial score (nSPS) is 20.8. The van der Waals surface area contributed by atoms with E-state index < -0.39 is 0 Å². The highest BCUT2D eigenvalue weighted by Crippen LogP contribution is 2.18. The average Bonchev–Trinajstić information content (AvgIpc) is 2.40. The third-order valence-corrected chi connectivity index (χ3v) is 3.95. The van der Waals surface area contributed by atoms with Crippen LogP contribution in [-0.4, -0.2) is 47.3 Å². The smallest absolute Gasteiger partial charge is 0.119 e. The second-order valence-corrected chi connectivity index (χ2v) is 5.22. The standard InChI is InChI=1S/C12H20N4S/c1-16(10-4-3-5-13-8-10)9-11-12(17-2)15-7-6-14-11/h6-7,10,13H,3-5,8-9H2,1-2H3. The van der Waals surface area contributed by atoms with Crippen molar-refractivity contribution in [2.75, 3.05) is 26.4 Å². The summed E-state index contributed by atoms with van der Waals surface area (Å²) >= 11 is 1.67. The van der Waals surface area contributed by atoms with Gasteiger partial charge in [-0.1, -0.05) is 0 Å². The molecule has 0 amide bonds. The number of likely N-dealkylation sites (N-methyl/N-ethyl adjacent to an activating group) is 1. The van der Waals surface area contributed by atoms with Crippen LogP contribution in [0.1, 0.15) is 18.5 Å². The topological polar surface area (TPSA) is 41.1 Å². The van der Waals surface area contributed by atoms with Crippen LogP contribution in [0, 0.1) is 0 Å². The zero-order chi connectivity index (χ0) is 12.1. The minimum Gasteiger partial charge on any atom is -0.315 e. The van der Waals surface area contributed by atoms with Crippen LogP contribution in [0.4, 0.5) is 0 Å². The molecule has 1 aliphatic rings. The van der Waals surface area contributed by atoms with Gasteiger partial charge in [-0.15, -0.1) is 11.8 Å². The third kappa shape index (κ3) is 3.40. The van der Waals surface area contributed by atoms with Crippen LogP contribution in [0.5, 0.6) is 0 Å². The second-order valence-electron chi connectivity index (χ2n) is 4.43. The van der Waals surface area contributed by atoms with Crippen molar-refractivity contribution in [3.8, 4) is 0 Å². The lowest BCUT2D eigenvalue weighted by molar-refractivity contribution is 0.192. The van der Waals surface area contributed by atoms with E-state index in [-0.39, 0.29) is 0 Å². The first-order valence-electron chi connectivity index (χ1n) is 6.06. The number of aromatic nitrogens is 2. The van der Waals surface area contributed by atoms with Gasteiger partial charge in [-0.3, -0.25) is 9.88 Å². The predicted molar refractivity (Wildman–Crippen MR) is 71.2 cm³/mol. The molecule has 0 radical (unpaired) electrons. The monoisotopic (exact) mass is 252 g/mol. The Hall–Kier alpha value is -0.650. The van der Waals surface area contributed by atoms with Crippen LogP contribution >= 0.6 is 11.8 Å². The SMILES string of the molecule is CSc1nccnc1CN(C)C1CCCNC1. The summed E-state index contributed by atoms with van der Waals surface area (Å²) in [4.78, 5) is 11.2. The number of nitrogens with zero attached hydrogens (tertiary/aromatic N) is 3. The van der Waals surface area contributed by atoms with Gasteiger partial charge in [-0.05, 0) is 32.7 Å². The highest BCUT2D eigenvalue weighted by molar-refractivity contribution is 7.98. The van der Waals surface area contributed by atoms with Gasteiger partial charge in [-0.25, -0.2) is 4.98 Å². The van der Waals surface area contributed by atoms with E-state index in [1.54, 1.807) is 24.2 Å². The number of nitrogens with one attached hydrogen (secondary N) is 1. The average molecular weight is 252 g/mol. The van der Waals surface area contributed by atoms with Crippen LogP contribution < -0.4 is 5.32 Å². The van der Waals surface area contributed by atoms with E-state index in [1.807, 2.05) is 0 Å². The maximum Gasteiger partial charge on any atom is 0.119 e. The molecule has 1 aliphatic heterocycles. The van der Waals surface area contributed by atoms with E-state index in [4.69, 9.17) is 0 Å². The van der Waals surface area contributed by atoms with E-state index >= 15 is 0 Å². The Morgan fingerprint density at radius 1 is 1.47 bits per heavy atom. The van der Waals surface area contributed by atoms with E-state index in [0.717, 1.165) is 30.4 Å². The van der Waals surface area contributed by atoms with E-state index in [9.17, 15) is 0 Å². The number of hydrogen-bond acceptors (Lipinski definition) is 5. The largest absolute Gasteiger partial charge is 0.315 e. The molecule has 0 aliphatic carbocycles. The number of thioether (sulfide) groups is 1. The number of rotatable bonds is 4. The Morgan fingerprint density at radius 3 is 3.00 bits per heavy atom. The Labute approximate surface area is 107 Å². The Kier molecular flexibility index (Phi) is 4.76. The molecule has 5 heteroatoms. The lowest BCUT2D eigenvalue weighted by atomic mass is 10.1. The van der Waals surface area contributed by atoms with E-state index in [2.05, 4.69) is 33.5 Å². The summed E-state index contributed by atoms with van der Waals surface area (Å²) in [5, 5.41) is 4.49. The van der Waals surface area contributed by atoms with Gasteiger partial charge in [-0.2, -0.15) is 0 Å². The highest BCUT2D eigenvalue weighted by Gasteiger charge is 2.19. The maximum atomic E-state index is 4.44. The van der Waals surface area contributed by atoms with Gasteiger partial charge in [0.2, 0.25) is 0 Å². The first-order chi connectivity index (χ1) is 8.31. The molecule has 1 N–H and O–H groups in total. The van der Waals surface area contributed by atoms with Crippen molar-refractivity contribution in [3.63, 3.8) is 0 Å². The summed E-state index contributed by atoms with van der Waals surface area (Å²) in [6.45, 7) is 3.13. The summed E-state index contributed by atoms with van der Waals surface area (Å²) in [5.41, 5.74) is 1.09. The fourth-order valence-electron chi connectivity index (χ4n) is 2.21. The molecule has 4 nitrogen and oxygen atoms in total. The summed E-state index contributed by atoms with van der Waals surface area (Å²) < 4.78 is 0. The van der Waals surface area contributed by atoms with E-state index in [1.165, 1.54) is 12.8 Å². The maximum absolute atomic E-state index is 4.44. The molecule has 2 heterocycles. The van der Waals surface area contributed by atoms with Gasteiger partial charge in [0.15, 0.2) is 0 Å². The summed E-state index contributed by atoms with van der Waals surface area (Å²) in [6.07, 6.45) is 8.14. The summed E-state index contributed by atoms with van der Waals surface area (Å²) in [6, 6.07) is 0.625. The van der Waals surface area contributed by atoms with Crippen molar-refractivity contribution in [3.05, 3.63) is 18.1 Å². The molecule has 0 aromatic carbocycles. The molecule has 1 saturated heterocycles. The third-order valence-electron chi connectivity index (χ3n) is 3.22. The molecule has 94 valence electrons. The van der Waals surface area contributed by atoms with Crippen LogP contribution in [0.2, 0.25) is 0 Å². The molecule has 1 aromatic heterocycles. The van der Waals surface area contributed by atoms with Gasteiger partial charge in [0.25, 0.3) is 0 Å². The molecule has 1 unspecified atom stereocenters. The van der Waals surface area contributed by atoms with Crippen molar-refractivity contribution >= 4 is 11.8 Å². The minimum absolute atomic E-state index is 0.625. The highest BCUT2D eigenvalue weighted by atomic mass is 32.2. The van der Waals surface area contributed by atoms with Crippen molar-refractivity contribution < 1.29 is 0 Å². The van der Waals surface area contributed by atoms with Gasteiger partial charge >= 0.3 is 0 Å². The molecule has 1 atom stereocenters. The Morgan fingerprint density at radius 2 is 2.29 bits per heavy atom. The molecule has 1 aromatic rings. The number of piperidine rings is 1. The second kappa shape index (κ2) is 6.33. The quantitative estimate of drug-likeness (QED) is 0.820. The van der Waals surface area contributed by atoms with E-state index in [0.29, 0.717) is 6.04 Å². The fourth-order valence-corrected chi connectivity index (χ4v) is 2.73. The van der Waals surface area contributed by atoms with Gasteiger partial charge in [0.05, 0.1) is 5.69 Å². The molecule has 0 saturated carbocycles. The molecule has 17 heavy (non-hydrogen) atoms. The lowest BCUT2D eigenvalue weighted by Gasteiger charge is -2.31. The zero-order valence-electron chi connectivity index (χ0n) is 10.5. The molecular weight excluding hydrogens is 232 g/mol. The van der Waals surface area contributed by atoms with Crippen LogP contribution in [0.15, 0.2) is 17.4 Å². The molecule has 0 bridgehead atoms. The first kappa shape index (κ1) is 12.8. The Balaban J connectivity index is 1.99. The minimum atomic E-state index is 0.625. The van der Waals surface area contributed by atoms with Gasteiger partial charge < -0.3 is 5.32 Å². The van der Waals surface area contributed by atoms with Crippen molar-refractivity contribution in [2.24, 2.45) is 0 Å².